The van der Waals surface area contributed by atoms with Gasteiger partial charge in [-0.3, -0.25) is 15.5 Å². The number of aryl methyl sites for hydroxylation is 2. The molecule has 3 heterocycles. The second-order valence-corrected chi connectivity index (χ2v) is 10.9. The van der Waals surface area contributed by atoms with Crippen molar-refractivity contribution in [3.63, 3.8) is 0 Å². The number of nitrogen functional groups attached to an aromatic ring is 2. The minimum atomic E-state index is -0.296. The second kappa shape index (κ2) is 9.64. The number of carbonyl (C=O) groups is 1. The predicted octanol–water partition coefficient (Wildman–Crippen LogP) is 4.10. The van der Waals surface area contributed by atoms with Gasteiger partial charge in [-0.05, 0) is 82.0 Å². The summed E-state index contributed by atoms with van der Waals surface area (Å²) in [5.74, 6) is 6.10. The van der Waals surface area contributed by atoms with Gasteiger partial charge in [0.2, 0.25) is 5.95 Å². The molecule has 0 aliphatic carbocycles. The molecule has 0 spiro atoms. The van der Waals surface area contributed by atoms with E-state index < -0.39 is 0 Å². The van der Waals surface area contributed by atoms with Crippen LogP contribution >= 0.6 is 0 Å². The zero-order chi connectivity index (χ0) is 26.3. The number of nitrogens with zero attached hydrogens (tertiary/aromatic N) is 4. The monoisotopic (exact) mass is 500 g/mol. The number of aromatic nitrogens is 2. The molecule has 6 N–H and O–H groups in total. The highest BCUT2D eigenvalue weighted by molar-refractivity contribution is 5.96. The van der Waals surface area contributed by atoms with Crippen LogP contribution in [0.25, 0.3) is 0 Å². The molecule has 5 rings (SSSR count). The van der Waals surface area contributed by atoms with Gasteiger partial charge < -0.3 is 21.4 Å². The van der Waals surface area contributed by atoms with Crippen molar-refractivity contribution in [2.75, 3.05) is 23.0 Å². The third kappa shape index (κ3) is 5.10. The van der Waals surface area contributed by atoms with Crippen LogP contribution in [0.5, 0.6) is 0 Å². The Morgan fingerprint density at radius 3 is 2.54 bits per heavy atom. The third-order valence-electron chi connectivity index (χ3n) is 7.53. The summed E-state index contributed by atoms with van der Waals surface area (Å²) in [5.41, 5.74) is 15.6. The normalized spacial score (nSPS) is 18.9. The molecule has 0 saturated carbocycles. The molecule has 194 valence electrons. The maximum atomic E-state index is 13.4. The van der Waals surface area contributed by atoms with Crippen molar-refractivity contribution in [3.8, 4) is 0 Å². The Morgan fingerprint density at radius 2 is 1.86 bits per heavy atom. The van der Waals surface area contributed by atoms with Gasteiger partial charge in [0.1, 0.15) is 0 Å². The summed E-state index contributed by atoms with van der Waals surface area (Å²) >= 11 is 0. The van der Waals surface area contributed by atoms with E-state index in [0.29, 0.717) is 35.5 Å². The lowest BCUT2D eigenvalue weighted by molar-refractivity contribution is 0.0156. The number of nitrogens with two attached hydrogens (primary N) is 2. The first-order chi connectivity index (χ1) is 17.6. The largest absolute Gasteiger partial charge is 0.397 e. The van der Waals surface area contributed by atoms with Crippen molar-refractivity contribution in [1.82, 2.24) is 19.8 Å². The number of hydrogen-bond donors (Lipinski definition) is 4. The third-order valence-corrected chi connectivity index (χ3v) is 7.53. The summed E-state index contributed by atoms with van der Waals surface area (Å²) < 4.78 is 0. The lowest BCUT2D eigenvalue weighted by Crippen LogP contribution is -2.56. The zero-order valence-electron chi connectivity index (χ0n) is 22.0. The van der Waals surface area contributed by atoms with Gasteiger partial charge >= 0.3 is 0 Å². The molecule has 37 heavy (non-hydrogen) atoms. The molecular weight excluding hydrogens is 464 g/mol. The number of carbonyl (C=O) groups excluding carboxylic acids is 1. The average molecular weight is 501 g/mol. The molecule has 3 aromatic rings. The minimum Gasteiger partial charge on any atom is -0.397 e. The molecule has 2 aromatic carbocycles. The summed E-state index contributed by atoms with van der Waals surface area (Å²) in [5, 5.41) is 3.36. The highest BCUT2D eigenvalue weighted by Gasteiger charge is 2.41. The number of fused-ring (bicyclic) bond motifs is 1. The number of piperidine rings is 1. The number of likely N-dealkylation sites (tertiary alicyclic amines) is 1. The fraction of sp³-hybridized carbons (Fsp3) is 0.393. The van der Waals surface area contributed by atoms with Gasteiger partial charge in [0.05, 0.1) is 17.1 Å². The van der Waals surface area contributed by atoms with Gasteiger partial charge in [-0.1, -0.05) is 6.07 Å². The minimum absolute atomic E-state index is 0.00334. The summed E-state index contributed by atoms with van der Waals surface area (Å²) in [4.78, 5) is 27.3. The van der Waals surface area contributed by atoms with E-state index in [9.17, 15) is 4.79 Å². The number of benzene rings is 2. The van der Waals surface area contributed by atoms with Crippen LogP contribution in [-0.4, -0.2) is 43.8 Å². The van der Waals surface area contributed by atoms with Crippen LogP contribution in [0.4, 0.5) is 23.0 Å². The molecule has 0 radical (unpaired) electrons. The van der Waals surface area contributed by atoms with E-state index in [2.05, 4.69) is 66.5 Å². The zero-order valence-corrected chi connectivity index (χ0v) is 22.0. The van der Waals surface area contributed by atoms with Crippen molar-refractivity contribution in [3.05, 3.63) is 70.5 Å². The van der Waals surface area contributed by atoms with Gasteiger partial charge in [0, 0.05) is 54.2 Å². The second-order valence-electron chi connectivity index (χ2n) is 10.9. The van der Waals surface area contributed by atoms with Gasteiger partial charge in [-0.25, -0.2) is 9.97 Å². The molecule has 9 nitrogen and oxygen atoms in total. The van der Waals surface area contributed by atoms with Gasteiger partial charge in [-0.2, -0.15) is 0 Å². The Morgan fingerprint density at radius 1 is 1.11 bits per heavy atom. The highest BCUT2D eigenvalue weighted by Crippen LogP contribution is 2.35. The lowest BCUT2D eigenvalue weighted by Gasteiger charge is -2.48. The Hall–Kier alpha value is -3.69. The van der Waals surface area contributed by atoms with Crippen molar-refractivity contribution in [1.29, 1.82) is 0 Å². The molecule has 1 aromatic heterocycles. The van der Waals surface area contributed by atoms with Crippen LogP contribution < -0.4 is 22.3 Å². The highest BCUT2D eigenvalue weighted by atomic mass is 16.2. The van der Waals surface area contributed by atoms with E-state index in [1.54, 1.807) is 18.2 Å². The summed E-state index contributed by atoms with van der Waals surface area (Å²) in [7, 11) is 0. The first-order valence-corrected chi connectivity index (χ1v) is 12.8. The Kier molecular flexibility index (Phi) is 6.51. The first kappa shape index (κ1) is 25.0. The topological polar surface area (TPSA) is 125 Å². The fourth-order valence-corrected chi connectivity index (χ4v) is 5.71. The molecule has 1 amide bonds. The van der Waals surface area contributed by atoms with Crippen LogP contribution in [-0.2, 0) is 13.1 Å². The van der Waals surface area contributed by atoms with E-state index in [1.807, 2.05) is 11.1 Å². The smallest absolute Gasteiger partial charge is 0.254 e. The van der Waals surface area contributed by atoms with E-state index in [4.69, 9.17) is 16.6 Å². The maximum Gasteiger partial charge on any atom is 0.254 e. The van der Waals surface area contributed by atoms with E-state index in [1.165, 1.54) is 16.7 Å². The number of hydrogen-bond acceptors (Lipinski definition) is 8. The van der Waals surface area contributed by atoms with Crippen molar-refractivity contribution in [2.45, 2.75) is 65.2 Å². The van der Waals surface area contributed by atoms with Gasteiger partial charge in [0.25, 0.3) is 5.91 Å². The number of hydrazine groups is 1. The summed E-state index contributed by atoms with van der Waals surface area (Å²) in [6.07, 6.45) is 3.73. The SMILES string of the molecule is Cc1cc(C)cc(Nc2ncc3c(n2)CN(C2CCN(C(=O)c4ccc(NN)c(N)c4)C(C)(C)C2)C3)c1. The van der Waals surface area contributed by atoms with Gasteiger partial charge in [0.15, 0.2) is 0 Å². The van der Waals surface area contributed by atoms with Crippen LogP contribution in [0.2, 0.25) is 0 Å². The lowest BCUT2D eigenvalue weighted by atomic mass is 9.85. The quantitative estimate of drug-likeness (QED) is 0.234. The molecular formula is C28H36N8O. The van der Waals surface area contributed by atoms with Crippen molar-refractivity contribution in [2.24, 2.45) is 5.84 Å². The van der Waals surface area contributed by atoms with Crippen LogP contribution in [0, 0.1) is 13.8 Å². The summed E-state index contributed by atoms with van der Waals surface area (Å²) in [6, 6.07) is 11.9. The number of nitrogens with one attached hydrogen (secondary N) is 2. The molecule has 1 atom stereocenters. The molecule has 1 fully saturated rings. The van der Waals surface area contributed by atoms with Crippen LogP contribution in [0.1, 0.15) is 59.4 Å². The van der Waals surface area contributed by atoms with E-state index in [-0.39, 0.29) is 11.4 Å². The fourth-order valence-electron chi connectivity index (χ4n) is 5.71. The molecule has 1 saturated heterocycles. The molecule has 0 bridgehead atoms. The number of rotatable bonds is 5. The standard InChI is InChI=1S/C28H36N8O/c1-17-9-18(2)11-21(10-17)32-27-31-14-20-15-35(16-25(20)33-27)22-7-8-36(28(3,4)13-22)26(37)19-5-6-24(34-30)23(29)12-19/h5-6,9-12,14,22,34H,7-8,13,15-16,29-30H2,1-4H3,(H,31,32,33). The summed E-state index contributed by atoms with van der Waals surface area (Å²) in [6.45, 7) is 10.8. The number of anilines is 4. The van der Waals surface area contributed by atoms with Crippen molar-refractivity contribution >= 4 is 28.9 Å². The van der Waals surface area contributed by atoms with E-state index in [0.717, 1.165) is 37.3 Å². The van der Waals surface area contributed by atoms with Crippen LogP contribution in [0.3, 0.4) is 0 Å². The predicted molar refractivity (Wildman–Crippen MR) is 147 cm³/mol. The Labute approximate surface area is 218 Å². The average Bonchev–Trinajstić information content (AvgIpc) is 3.26. The van der Waals surface area contributed by atoms with Gasteiger partial charge in [-0.15, -0.1) is 0 Å². The first-order valence-electron chi connectivity index (χ1n) is 12.8. The Bertz CT molecular complexity index is 1320. The van der Waals surface area contributed by atoms with Crippen molar-refractivity contribution < 1.29 is 4.79 Å². The van der Waals surface area contributed by atoms with Crippen LogP contribution in [0.15, 0.2) is 42.6 Å². The Balaban J connectivity index is 1.25. The van der Waals surface area contributed by atoms with E-state index >= 15 is 0 Å². The molecule has 1 unspecified atom stereocenters. The molecule has 2 aliphatic heterocycles. The molecule has 2 aliphatic rings. The number of amides is 1. The maximum absolute atomic E-state index is 13.4. The molecule has 9 heteroatoms.